The standard InChI is InChI=1S/C15H12F3N3O/c1-9(12-8-10-4-2-3-5-11(10)22-12)20-14-19-7-6-13(21-14)15(16,17)18/h2-9H,1H3,(H,19,20,21)/t9-/m1/s1. The van der Waals surface area contributed by atoms with Crippen molar-refractivity contribution >= 4 is 16.9 Å². The van der Waals surface area contributed by atoms with E-state index in [0.717, 1.165) is 23.2 Å². The number of nitrogens with one attached hydrogen (secondary N) is 1. The number of aromatic nitrogens is 2. The van der Waals surface area contributed by atoms with Crippen LogP contribution in [0.25, 0.3) is 11.0 Å². The van der Waals surface area contributed by atoms with E-state index in [2.05, 4.69) is 15.3 Å². The van der Waals surface area contributed by atoms with Gasteiger partial charge in [-0.25, -0.2) is 9.97 Å². The molecule has 2 aromatic heterocycles. The van der Waals surface area contributed by atoms with Crippen LogP contribution in [-0.4, -0.2) is 9.97 Å². The van der Waals surface area contributed by atoms with E-state index in [0.29, 0.717) is 5.76 Å². The zero-order chi connectivity index (χ0) is 15.7. The van der Waals surface area contributed by atoms with Gasteiger partial charge in [0.15, 0.2) is 0 Å². The number of hydrogen-bond donors (Lipinski definition) is 1. The third-order valence-electron chi connectivity index (χ3n) is 3.16. The van der Waals surface area contributed by atoms with E-state index in [1.165, 1.54) is 0 Å². The van der Waals surface area contributed by atoms with Crippen LogP contribution in [0.5, 0.6) is 0 Å². The summed E-state index contributed by atoms with van der Waals surface area (Å²) >= 11 is 0. The Kier molecular flexibility index (Phi) is 3.48. The van der Waals surface area contributed by atoms with Crippen LogP contribution in [0.1, 0.15) is 24.4 Å². The first-order valence-electron chi connectivity index (χ1n) is 6.59. The minimum absolute atomic E-state index is 0.0946. The summed E-state index contributed by atoms with van der Waals surface area (Å²) < 4.78 is 43.6. The number of halogens is 3. The molecule has 7 heteroatoms. The second kappa shape index (κ2) is 5.32. The fourth-order valence-corrected chi connectivity index (χ4v) is 2.07. The predicted octanol–water partition coefficient (Wildman–Crippen LogP) is 4.41. The third kappa shape index (κ3) is 2.88. The Hall–Kier alpha value is -2.57. The van der Waals surface area contributed by atoms with Gasteiger partial charge in [-0.2, -0.15) is 13.2 Å². The van der Waals surface area contributed by atoms with Gasteiger partial charge in [0.05, 0.1) is 6.04 Å². The van der Waals surface area contributed by atoms with Crippen molar-refractivity contribution in [3.63, 3.8) is 0 Å². The largest absolute Gasteiger partial charge is 0.459 e. The van der Waals surface area contributed by atoms with Crippen molar-refractivity contribution in [2.75, 3.05) is 5.32 Å². The lowest BCUT2D eigenvalue weighted by atomic mass is 10.2. The van der Waals surface area contributed by atoms with E-state index >= 15 is 0 Å². The van der Waals surface area contributed by atoms with Crippen molar-refractivity contribution in [2.45, 2.75) is 19.1 Å². The third-order valence-corrected chi connectivity index (χ3v) is 3.16. The molecule has 2 heterocycles. The second-order valence-corrected chi connectivity index (χ2v) is 4.82. The van der Waals surface area contributed by atoms with Gasteiger partial charge < -0.3 is 9.73 Å². The van der Waals surface area contributed by atoms with Gasteiger partial charge in [-0.05, 0) is 25.1 Å². The van der Waals surface area contributed by atoms with Crippen molar-refractivity contribution in [1.82, 2.24) is 9.97 Å². The number of para-hydroxylation sites is 1. The number of benzene rings is 1. The first-order chi connectivity index (χ1) is 10.4. The van der Waals surface area contributed by atoms with Crippen molar-refractivity contribution in [2.24, 2.45) is 0 Å². The molecule has 3 rings (SSSR count). The summed E-state index contributed by atoms with van der Waals surface area (Å²) in [5, 5.41) is 3.74. The van der Waals surface area contributed by atoms with Gasteiger partial charge in [-0.1, -0.05) is 18.2 Å². The molecule has 1 aromatic carbocycles. The first kappa shape index (κ1) is 14.4. The molecular weight excluding hydrogens is 295 g/mol. The molecule has 0 fully saturated rings. The minimum atomic E-state index is -4.50. The molecule has 114 valence electrons. The van der Waals surface area contributed by atoms with Gasteiger partial charge in [0.2, 0.25) is 5.95 Å². The average Bonchev–Trinajstić information content (AvgIpc) is 2.90. The highest BCUT2D eigenvalue weighted by Crippen LogP contribution is 2.29. The number of rotatable bonds is 3. The highest BCUT2D eigenvalue weighted by molar-refractivity contribution is 5.77. The van der Waals surface area contributed by atoms with E-state index in [4.69, 9.17) is 4.42 Å². The van der Waals surface area contributed by atoms with Crippen molar-refractivity contribution in [3.8, 4) is 0 Å². The number of fused-ring (bicyclic) bond motifs is 1. The molecule has 0 unspecified atom stereocenters. The number of nitrogens with zero attached hydrogens (tertiary/aromatic N) is 2. The fraction of sp³-hybridized carbons (Fsp3) is 0.200. The highest BCUT2D eigenvalue weighted by Gasteiger charge is 2.32. The van der Waals surface area contributed by atoms with Crippen LogP contribution in [0.4, 0.5) is 19.1 Å². The molecule has 1 atom stereocenters. The summed E-state index contributed by atoms with van der Waals surface area (Å²) in [4.78, 5) is 7.28. The lowest BCUT2D eigenvalue weighted by Crippen LogP contribution is -2.13. The molecule has 0 radical (unpaired) electrons. The molecule has 0 bridgehead atoms. The zero-order valence-electron chi connectivity index (χ0n) is 11.6. The molecule has 0 amide bonds. The highest BCUT2D eigenvalue weighted by atomic mass is 19.4. The number of furan rings is 1. The fourth-order valence-electron chi connectivity index (χ4n) is 2.07. The number of anilines is 1. The lowest BCUT2D eigenvalue weighted by molar-refractivity contribution is -0.141. The number of alkyl halides is 3. The van der Waals surface area contributed by atoms with Crippen molar-refractivity contribution in [3.05, 3.63) is 54.0 Å². The van der Waals surface area contributed by atoms with Gasteiger partial charge in [0.25, 0.3) is 0 Å². The van der Waals surface area contributed by atoms with Gasteiger partial charge in [-0.3, -0.25) is 0 Å². The van der Waals surface area contributed by atoms with Crippen LogP contribution in [-0.2, 0) is 6.18 Å². The second-order valence-electron chi connectivity index (χ2n) is 4.82. The Morgan fingerprint density at radius 3 is 2.68 bits per heavy atom. The monoisotopic (exact) mass is 307 g/mol. The topological polar surface area (TPSA) is 51.0 Å². The molecule has 0 spiro atoms. The molecule has 4 nitrogen and oxygen atoms in total. The summed E-state index contributed by atoms with van der Waals surface area (Å²) in [5.41, 5.74) is -0.266. The Morgan fingerprint density at radius 1 is 1.18 bits per heavy atom. The molecule has 0 aliphatic heterocycles. The maximum absolute atomic E-state index is 12.6. The summed E-state index contributed by atoms with van der Waals surface area (Å²) in [6, 6.07) is 9.76. The van der Waals surface area contributed by atoms with E-state index < -0.39 is 11.9 Å². The van der Waals surface area contributed by atoms with Crippen molar-refractivity contribution in [1.29, 1.82) is 0 Å². The molecule has 0 saturated heterocycles. The van der Waals surface area contributed by atoms with Crippen LogP contribution < -0.4 is 5.32 Å². The van der Waals surface area contributed by atoms with E-state index in [9.17, 15) is 13.2 Å². The summed E-state index contributed by atoms with van der Waals surface area (Å²) in [6.45, 7) is 1.77. The van der Waals surface area contributed by atoms with E-state index in [1.807, 2.05) is 30.3 Å². The zero-order valence-corrected chi connectivity index (χ0v) is 11.6. The van der Waals surface area contributed by atoms with E-state index in [-0.39, 0.29) is 12.0 Å². The molecular formula is C15H12F3N3O. The average molecular weight is 307 g/mol. The van der Waals surface area contributed by atoms with Gasteiger partial charge in [0.1, 0.15) is 17.0 Å². The Balaban J connectivity index is 1.83. The Labute approximate surface area is 124 Å². The Morgan fingerprint density at radius 2 is 1.95 bits per heavy atom. The van der Waals surface area contributed by atoms with Crippen LogP contribution in [0, 0.1) is 0 Å². The molecule has 0 aliphatic rings. The van der Waals surface area contributed by atoms with Crippen LogP contribution in [0.3, 0.4) is 0 Å². The van der Waals surface area contributed by atoms with E-state index in [1.54, 1.807) is 6.92 Å². The summed E-state index contributed by atoms with van der Waals surface area (Å²) in [6.07, 6.45) is -3.43. The predicted molar refractivity (Wildman–Crippen MR) is 75.3 cm³/mol. The summed E-state index contributed by atoms with van der Waals surface area (Å²) in [7, 11) is 0. The van der Waals surface area contributed by atoms with Crippen molar-refractivity contribution < 1.29 is 17.6 Å². The summed E-state index contributed by atoms with van der Waals surface area (Å²) in [5.74, 6) is 0.505. The SMILES string of the molecule is C[C@@H](Nc1nccc(C(F)(F)F)n1)c1cc2ccccc2o1. The normalized spacial score (nSPS) is 13.3. The first-order valence-corrected chi connectivity index (χ1v) is 6.59. The van der Waals surface area contributed by atoms with Crippen LogP contribution >= 0.6 is 0 Å². The quantitative estimate of drug-likeness (QED) is 0.778. The molecule has 3 aromatic rings. The van der Waals surface area contributed by atoms with Gasteiger partial charge >= 0.3 is 6.18 Å². The van der Waals surface area contributed by atoms with Gasteiger partial charge in [-0.15, -0.1) is 0 Å². The Bertz CT molecular complexity index is 765. The minimum Gasteiger partial charge on any atom is -0.459 e. The lowest BCUT2D eigenvalue weighted by Gasteiger charge is -2.12. The van der Waals surface area contributed by atoms with Gasteiger partial charge in [0, 0.05) is 11.6 Å². The smallest absolute Gasteiger partial charge is 0.433 e. The molecule has 0 saturated carbocycles. The van der Waals surface area contributed by atoms with Crippen LogP contribution in [0.2, 0.25) is 0 Å². The molecule has 1 N–H and O–H groups in total. The molecule has 22 heavy (non-hydrogen) atoms. The number of hydrogen-bond acceptors (Lipinski definition) is 4. The maximum atomic E-state index is 12.6. The maximum Gasteiger partial charge on any atom is 0.433 e. The molecule has 0 aliphatic carbocycles. The van der Waals surface area contributed by atoms with Crippen LogP contribution in [0.15, 0.2) is 47.0 Å².